The van der Waals surface area contributed by atoms with Crippen LogP contribution in [0.25, 0.3) is 0 Å². The first kappa shape index (κ1) is 12.6. The molecule has 0 bridgehead atoms. The second kappa shape index (κ2) is 5.05. The molecule has 0 heterocycles. The van der Waals surface area contributed by atoms with E-state index in [4.69, 9.17) is 11.6 Å². The molecule has 4 N–H and O–H groups in total. The molecule has 0 spiro atoms. The lowest BCUT2D eigenvalue weighted by Crippen LogP contribution is -2.46. The van der Waals surface area contributed by atoms with E-state index in [0.717, 1.165) is 21.7 Å². The van der Waals surface area contributed by atoms with Crippen LogP contribution in [-0.4, -0.2) is 16.0 Å². The Labute approximate surface area is 100 Å². The molecule has 0 saturated heterocycles. The molecule has 0 radical (unpaired) electrons. The molecule has 86 valence electrons. The van der Waals surface area contributed by atoms with Gasteiger partial charge in [-0.25, -0.2) is 10.9 Å². The van der Waals surface area contributed by atoms with Crippen molar-refractivity contribution in [2.45, 2.75) is 20.3 Å². The summed E-state index contributed by atoms with van der Waals surface area (Å²) in [4.78, 5) is 11.7. The maximum Gasteiger partial charge on any atom is 0.247 e. The van der Waals surface area contributed by atoms with Gasteiger partial charge in [-0.15, -0.1) is 0 Å². The van der Waals surface area contributed by atoms with Crippen molar-refractivity contribution in [3.05, 3.63) is 34.9 Å². The van der Waals surface area contributed by atoms with Gasteiger partial charge >= 0.3 is 0 Å². The number of nitrogens with zero attached hydrogens (tertiary/aromatic N) is 1. The fourth-order valence-corrected chi connectivity index (χ4v) is 1.48. The second-order valence-corrected chi connectivity index (χ2v) is 4.06. The average molecular weight is 237 g/mol. The molecule has 5 heteroatoms. The van der Waals surface area contributed by atoms with Gasteiger partial charge in [0.2, 0.25) is 5.91 Å². The van der Waals surface area contributed by atoms with E-state index >= 15 is 0 Å². The Morgan fingerprint density at radius 2 is 2.06 bits per heavy atom. The van der Waals surface area contributed by atoms with Crippen molar-refractivity contribution in [2.75, 3.05) is 0 Å². The Morgan fingerprint density at radius 3 is 2.62 bits per heavy atom. The van der Waals surface area contributed by atoms with Crippen LogP contribution in [0.4, 0.5) is 0 Å². The highest BCUT2D eigenvalue weighted by molar-refractivity contribution is 7.80. The minimum Gasteiger partial charge on any atom is -0.375 e. The molecular weight excluding hydrogens is 222 g/mol. The van der Waals surface area contributed by atoms with Crippen LogP contribution in [0.2, 0.25) is 0 Å². The van der Waals surface area contributed by atoms with E-state index < -0.39 is 0 Å². The summed E-state index contributed by atoms with van der Waals surface area (Å²) in [6.07, 6.45) is 0.210. The van der Waals surface area contributed by atoms with Crippen LogP contribution in [0.5, 0.6) is 0 Å². The smallest absolute Gasteiger partial charge is 0.247 e. The first-order valence-corrected chi connectivity index (χ1v) is 5.26. The van der Waals surface area contributed by atoms with Crippen LogP contribution in [0.1, 0.15) is 16.7 Å². The maximum atomic E-state index is 11.7. The first-order chi connectivity index (χ1) is 7.43. The number of benzene rings is 1. The Balaban J connectivity index is 2.85. The van der Waals surface area contributed by atoms with Gasteiger partial charge < -0.3 is 5.73 Å². The molecule has 0 unspecified atom stereocenters. The molecule has 0 aromatic heterocycles. The number of hydrazine groups is 1. The zero-order valence-electron chi connectivity index (χ0n) is 9.36. The number of hydrogen-bond acceptors (Lipinski definition) is 3. The zero-order valence-corrected chi connectivity index (χ0v) is 10.2. The molecule has 0 aliphatic heterocycles. The van der Waals surface area contributed by atoms with Crippen LogP contribution in [0, 0.1) is 13.8 Å². The quantitative estimate of drug-likeness (QED) is 0.345. The fraction of sp³-hybridized carbons (Fsp3) is 0.273. The van der Waals surface area contributed by atoms with E-state index in [-0.39, 0.29) is 17.4 Å². The second-order valence-electron chi connectivity index (χ2n) is 3.64. The SMILES string of the molecule is Cc1cccc(CC(=O)N(N)C(N)=S)c1C. The lowest BCUT2D eigenvalue weighted by atomic mass is 10.0. The van der Waals surface area contributed by atoms with E-state index in [2.05, 4.69) is 12.2 Å². The minimum atomic E-state index is -0.304. The largest absolute Gasteiger partial charge is 0.375 e. The summed E-state index contributed by atoms with van der Waals surface area (Å²) in [7, 11) is 0. The molecule has 16 heavy (non-hydrogen) atoms. The van der Waals surface area contributed by atoms with Gasteiger partial charge in [0.25, 0.3) is 0 Å². The summed E-state index contributed by atoms with van der Waals surface area (Å²) in [6, 6.07) is 5.80. The molecule has 0 aliphatic rings. The molecular formula is C11H15N3OS. The van der Waals surface area contributed by atoms with Crippen molar-refractivity contribution >= 4 is 23.2 Å². The molecule has 4 nitrogen and oxygen atoms in total. The predicted molar refractivity (Wildman–Crippen MR) is 67.4 cm³/mol. The number of aryl methyl sites for hydroxylation is 1. The van der Waals surface area contributed by atoms with E-state index in [1.807, 2.05) is 32.0 Å². The number of carbonyl (C=O) groups excluding carboxylic acids is 1. The normalized spacial score (nSPS) is 9.94. The summed E-state index contributed by atoms with van der Waals surface area (Å²) in [5.41, 5.74) is 8.44. The van der Waals surface area contributed by atoms with Crippen molar-refractivity contribution in [3.63, 3.8) is 0 Å². The summed E-state index contributed by atoms with van der Waals surface area (Å²) in [5.74, 6) is 5.11. The van der Waals surface area contributed by atoms with Crippen molar-refractivity contribution < 1.29 is 4.79 Å². The van der Waals surface area contributed by atoms with Crippen LogP contribution in [-0.2, 0) is 11.2 Å². The third-order valence-corrected chi connectivity index (χ3v) is 2.76. The van der Waals surface area contributed by atoms with Gasteiger partial charge in [0.1, 0.15) is 0 Å². The Kier molecular flexibility index (Phi) is 3.98. The first-order valence-electron chi connectivity index (χ1n) is 4.85. The summed E-state index contributed by atoms with van der Waals surface area (Å²) in [5, 5.41) is 0.687. The number of thiocarbonyl (C=S) groups is 1. The monoisotopic (exact) mass is 237 g/mol. The third kappa shape index (κ3) is 2.77. The maximum absolute atomic E-state index is 11.7. The lowest BCUT2D eigenvalue weighted by Gasteiger charge is -2.15. The van der Waals surface area contributed by atoms with Crippen LogP contribution in [0.15, 0.2) is 18.2 Å². The van der Waals surface area contributed by atoms with Gasteiger partial charge in [0.15, 0.2) is 5.11 Å². The number of amides is 1. The number of hydrogen-bond donors (Lipinski definition) is 2. The van der Waals surface area contributed by atoms with Gasteiger partial charge in [-0.3, -0.25) is 4.79 Å². The van der Waals surface area contributed by atoms with Crippen LogP contribution >= 0.6 is 12.2 Å². The van der Waals surface area contributed by atoms with Crippen molar-refractivity contribution in [3.8, 4) is 0 Å². The molecule has 0 aliphatic carbocycles. The number of rotatable bonds is 2. The van der Waals surface area contributed by atoms with E-state index in [1.165, 1.54) is 0 Å². The lowest BCUT2D eigenvalue weighted by molar-refractivity contribution is -0.126. The van der Waals surface area contributed by atoms with Crippen molar-refractivity contribution in [1.29, 1.82) is 0 Å². The Bertz CT molecular complexity index is 431. The highest BCUT2D eigenvalue weighted by atomic mass is 32.1. The summed E-state index contributed by atoms with van der Waals surface area (Å²) in [6.45, 7) is 3.97. The van der Waals surface area contributed by atoms with Gasteiger partial charge in [-0.05, 0) is 42.8 Å². The topological polar surface area (TPSA) is 72.3 Å². The molecule has 1 aromatic rings. The number of carbonyl (C=O) groups is 1. The zero-order chi connectivity index (χ0) is 12.3. The molecule has 1 amide bonds. The van der Waals surface area contributed by atoms with Gasteiger partial charge in [0, 0.05) is 0 Å². The molecule has 1 rings (SSSR count). The standard InChI is InChI=1S/C11H15N3OS/c1-7-4-3-5-9(8(7)2)6-10(15)14(13)11(12)16/h3-5H,6,13H2,1-2H3,(H2,12,16). The summed E-state index contributed by atoms with van der Waals surface area (Å²) >= 11 is 4.63. The predicted octanol–water partition coefficient (Wildman–Crippen LogP) is 0.792. The Morgan fingerprint density at radius 1 is 1.44 bits per heavy atom. The molecule has 0 atom stereocenters. The molecule has 0 fully saturated rings. The van der Waals surface area contributed by atoms with Crippen LogP contribution in [0.3, 0.4) is 0 Å². The fourth-order valence-electron chi connectivity index (χ4n) is 1.37. The van der Waals surface area contributed by atoms with Gasteiger partial charge in [0.05, 0.1) is 6.42 Å². The van der Waals surface area contributed by atoms with E-state index in [9.17, 15) is 4.79 Å². The van der Waals surface area contributed by atoms with E-state index in [1.54, 1.807) is 0 Å². The van der Waals surface area contributed by atoms with Gasteiger partial charge in [-0.1, -0.05) is 18.2 Å². The Hall–Kier alpha value is -1.46. The summed E-state index contributed by atoms with van der Waals surface area (Å²) < 4.78 is 0. The molecule has 1 aromatic carbocycles. The minimum absolute atomic E-state index is 0.115. The highest BCUT2D eigenvalue weighted by Gasteiger charge is 2.13. The van der Waals surface area contributed by atoms with E-state index in [0.29, 0.717) is 0 Å². The van der Waals surface area contributed by atoms with Gasteiger partial charge in [-0.2, -0.15) is 0 Å². The number of nitrogens with two attached hydrogens (primary N) is 2. The third-order valence-electron chi connectivity index (χ3n) is 2.56. The average Bonchev–Trinajstić information content (AvgIpc) is 2.23. The van der Waals surface area contributed by atoms with Crippen LogP contribution < -0.4 is 11.6 Å². The molecule has 0 saturated carbocycles. The highest BCUT2D eigenvalue weighted by Crippen LogP contribution is 2.13. The van der Waals surface area contributed by atoms with Crippen molar-refractivity contribution in [1.82, 2.24) is 5.01 Å². The van der Waals surface area contributed by atoms with Crippen molar-refractivity contribution in [2.24, 2.45) is 11.6 Å².